The molecule has 2 aromatic carbocycles. The van der Waals surface area contributed by atoms with Crippen LogP contribution < -0.4 is 14.8 Å². The lowest BCUT2D eigenvalue weighted by atomic mass is 10.1. The Labute approximate surface area is 142 Å². The Morgan fingerprint density at radius 1 is 0.880 bits per heavy atom. The smallest absolute Gasteiger partial charge is 0.335 e. The van der Waals surface area contributed by atoms with E-state index in [-0.39, 0.29) is 33.9 Å². The number of amides is 1. The van der Waals surface area contributed by atoms with E-state index in [4.69, 9.17) is 19.7 Å². The predicted octanol–water partition coefficient (Wildman–Crippen LogP) is 2.35. The maximum absolute atomic E-state index is 12.6. The molecule has 8 heteroatoms. The van der Waals surface area contributed by atoms with Crippen LogP contribution in [-0.4, -0.2) is 42.3 Å². The largest absolute Gasteiger partial charge is 0.496 e. The summed E-state index contributed by atoms with van der Waals surface area (Å²) in [7, 11) is 2.78. The molecule has 0 aliphatic rings. The second kappa shape index (κ2) is 7.35. The van der Waals surface area contributed by atoms with Crippen molar-refractivity contribution < 1.29 is 34.1 Å². The van der Waals surface area contributed by atoms with E-state index in [1.165, 1.54) is 14.2 Å². The normalized spacial score (nSPS) is 10.0. The van der Waals surface area contributed by atoms with Gasteiger partial charge in [0.1, 0.15) is 17.1 Å². The van der Waals surface area contributed by atoms with E-state index in [1.54, 1.807) is 18.2 Å². The predicted molar refractivity (Wildman–Crippen MR) is 87.9 cm³/mol. The molecule has 3 N–H and O–H groups in total. The van der Waals surface area contributed by atoms with Crippen molar-refractivity contribution in [3.8, 4) is 11.5 Å². The molecule has 0 atom stereocenters. The number of carbonyl (C=O) groups excluding carboxylic acids is 1. The molecule has 0 saturated heterocycles. The molecule has 0 bridgehead atoms. The molecule has 0 saturated carbocycles. The zero-order valence-corrected chi connectivity index (χ0v) is 13.4. The molecule has 2 aromatic rings. The number of hydrogen-bond acceptors (Lipinski definition) is 5. The first-order valence-corrected chi connectivity index (χ1v) is 7.01. The molecule has 0 aliphatic heterocycles. The highest BCUT2D eigenvalue weighted by Crippen LogP contribution is 2.29. The molecule has 0 spiro atoms. The van der Waals surface area contributed by atoms with E-state index in [9.17, 15) is 14.4 Å². The van der Waals surface area contributed by atoms with Crippen molar-refractivity contribution in [3.63, 3.8) is 0 Å². The Morgan fingerprint density at radius 3 is 1.76 bits per heavy atom. The fourth-order valence-electron chi connectivity index (χ4n) is 2.22. The molecule has 0 unspecified atom stereocenters. The second-order valence-corrected chi connectivity index (χ2v) is 4.90. The topological polar surface area (TPSA) is 122 Å². The first-order chi connectivity index (χ1) is 11.9. The number of benzene rings is 2. The Bertz CT molecular complexity index is 790. The van der Waals surface area contributed by atoms with Gasteiger partial charge >= 0.3 is 11.9 Å². The molecule has 25 heavy (non-hydrogen) atoms. The number of methoxy groups -OCH3 is 2. The van der Waals surface area contributed by atoms with Crippen molar-refractivity contribution in [2.24, 2.45) is 0 Å². The number of hydrogen-bond donors (Lipinski definition) is 3. The van der Waals surface area contributed by atoms with E-state index in [0.717, 1.165) is 18.2 Å². The number of carboxylic acid groups (broad SMARTS) is 2. The SMILES string of the molecule is COc1cccc(OC)c1C(=O)Nc1cc(C(=O)O)cc(C(=O)O)c1. The summed E-state index contributed by atoms with van der Waals surface area (Å²) in [4.78, 5) is 34.8. The lowest BCUT2D eigenvalue weighted by Gasteiger charge is -2.13. The van der Waals surface area contributed by atoms with Gasteiger partial charge in [0.25, 0.3) is 5.91 Å². The van der Waals surface area contributed by atoms with E-state index in [0.29, 0.717) is 0 Å². The van der Waals surface area contributed by atoms with Crippen molar-refractivity contribution in [2.75, 3.05) is 19.5 Å². The van der Waals surface area contributed by atoms with Gasteiger partial charge in [-0.25, -0.2) is 9.59 Å². The maximum atomic E-state index is 12.6. The number of aromatic carboxylic acids is 2. The van der Waals surface area contributed by atoms with E-state index < -0.39 is 17.8 Å². The van der Waals surface area contributed by atoms with Gasteiger partial charge in [-0.1, -0.05) is 6.07 Å². The Kier molecular flexibility index (Phi) is 5.23. The third-order valence-electron chi connectivity index (χ3n) is 3.34. The Balaban J connectivity index is 2.45. The van der Waals surface area contributed by atoms with Crippen LogP contribution in [0.1, 0.15) is 31.1 Å². The van der Waals surface area contributed by atoms with E-state index in [1.807, 2.05) is 0 Å². The summed E-state index contributed by atoms with van der Waals surface area (Å²) in [6.45, 7) is 0. The quantitative estimate of drug-likeness (QED) is 0.734. The Morgan fingerprint density at radius 2 is 1.36 bits per heavy atom. The van der Waals surface area contributed by atoms with Gasteiger partial charge in [0.2, 0.25) is 0 Å². The standard InChI is InChI=1S/C17H15NO7/c1-24-12-4-3-5-13(25-2)14(12)15(19)18-11-7-9(16(20)21)6-10(8-11)17(22)23/h3-8H,1-2H3,(H,18,19)(H,20,21)(H,22,23). The highest BCUT2D eigenvalue weighted by molar-refractivity contribution is 6.09. The number of rotatable bonds is 6. The average molecular weight is 345 g/mol. The summed E-state index contributed by atoms with van der Waals surface area (Å²) in [5.41, 5.74) is -0.398. The summed E-state index contributed by atoms with van der Waals surface area (Å²) >= 11 is 0. The van der Waals surface area contributed by atoms with E-state index >= 15 is 0 Å². The van der Waals surface area contributed by atoms with Gasteiger partial charge in [-0.05, 0) is 30.3 Å². The van der Waals surface area contributed by atoms with Crippen LogP contribution in [0.3, 0.4) is 0 Å². The third-order valence-corrected chi connectivity index (χ3v) is 3.34. The van der Waals surface area contributed by atoms with Crippen molar-refractivity contribution in [1.29, 1.82) is 0 Å². The average Bonchev–Trinajstić information content (AvgIpc) is 2.60. The summed E-state index contributed by atoms with van der Waals surface area (Å²) in [6, 6.07) is 8.09. The Hall–Kier alpha value is -3.55. The number of carboxylic acids is 2. The number of anilines is 1. The molecule has 2 rings (SSSR count). The minimum atomic E-state index is -1.31. The molecular weight excluding hydrogens is 330 g/mol. The lowest BCUT2D eigenvalue weighted by molar-refractivity contribution is 0.0696. The summed E-state index contributed by atoms with van der Waals surface area (Å²) < 4.78 is 10.3. The van der Waals surface area contributed by atoms with Crippen LogP contribution >= 0.6 is 0 Å². The van der Waals surface area contributed by atoms with Crippen molar-refractivity contribution in [3.05, 3.63) is 53.1 Å². The number of nitrogens with one attached hydrogen (secondary N) is 1. The molecule has 1 amide bonds. The van der Waals surface area contributed by atoms with Gasteiger partial charge in [-0.2, -0.15) is 0 Å². The van der Waals surface area contributed by atoms with Gasteiger partial charge < -0.3 is 25.0 Å². The second-order valence-electron chi connectivity index (χ2n) is 4.90. The highest BCUT2D eigenvalue weighted by atomic mass is 16.5. The minimum absolute atomic E-state index is 0.0234. The van der Waals surface area contributed by atoms with Crippen molar-refractivity contribution in [2.45, 2.75) is 0 Å². The molecule has 0 aromatic heterocycles. The fraction of sp³-hybridized carbons (Fsp3) is 0.118. The van der Waals surface area contributed by atoms with Gasteiger partial charge in [0.15, 0.2) is 0 Å². The van der Waals surface area contributed by atoms with Crippen molar-refractivity contribution in [1.82, 2.24) is 0 Å². The van der Waals surface area contributed by atoms with Crippen LogP contribution in [0, 0.1) is 0 Å². The van der Waals surface area contributed by atoms with Gasteiger partial charge in [0.05, 0.1) is 25.3 Å². The fourth-order valence-corrected chi connectivity index (χ4v) is 2.22. The lowest BCUT2D eigenvalue weighted by Crippen LogP contribution is -2.15. The molecule has 0 fully saturated rings. The van der Waals surface area contributed by atoms with Crippen LogP contribution in [-0.2, 0) is 0 Å². The molecule has 0 aliphatic carbocycles. The monoisotopic (exact) mass is 345 g/mol. The zero-order chi connectivity index (χ0) is 18.6. The first kappa shape index (κ1) is 17.8. The minimum Gasteiger partial charge on any atom is -0.496 e. The third kappa shape index (κ3) is 3.86. The molecule has 8 nitrogen and oxygen atoms in total. The first-order valence-electron chi connectivity index (χ1n) is 7.01. The number of carbonyl (C=O) groups is 3. The van der Waals surface area contributed by atoms with Gasteiger partial charge in [-0.3, -0.25) is 4.79 Å². The summed E-state index contributed by atoms with van der Waals surface area (Å²) in [5, 5.41) is 20.6. The van der Waals surface area contributed by atoms with Crippen LogP contribution in [0.2, 0.25) is 0 Å². The van der Waals surface area contributed by atoms with Gasteiger partial charge in [-0.15, -0.1) is 0 Å². The summed E-state index contributed by atoms with van der Waals surface area (Å²) in [6.07, 6.45) is 0. The molecule has 0 radical (unpaired) electrons. The van der Waals surface area contributed by atoms with Crippen LogP contribution in [0.25, 0.3) is 0 Å². The van der Waals surface area contributed by atoms with E-state index in [2.05, 4.69) is 5.32 Å². The van der Waals surface area contributed by atoms with Crippen LogP contribution in [0.15, 0.2) is 36.4 Å². The van der Waals surface area contributed by atoms with Crippen LogP contribution in [0.4, 0.5) is 5.69 Å². The molecular formula is C17H15NO7. The van der Waals surface area contributed by atoms with Crippen molar-refractivity contribution >= 4 is 23.5 Å². The van der Waals surface area contributed by atoms with Crippen LogP contribution in [0.5, 0.6) is 11.5 Å². The zero-order valence-electron chi connectivity index (χ0n) is 13.4. The molecule has 130 valence electrons. The number of ether oxygens (including phenoxy) is 2. The maximum Gasteiger partial charge on any atom is 0.335 e. The summed E-state index contributed by atoms with van der Waals surface area (Å²) in [5.74, 6) is -2.75. The van der Waals surface area contributed by atoms with Gasteiger partial charge in [0, 0.05) is 5.69 Å². The highest BCUT2D eigenvalue weighted by Gasteiger charge is 2.19. The molecule has 0 heterocycles.